The van der Waals surface area contributed by atoms with Crippen LogP contribution in [0.5, 0.6) is 0 Å². The minimum atomic E-state index is -0.289. The van der Waals surface area contributed by atoms with Gasteiger partial charge in [-0.25, -0.2) is 0 Å². The summed E-state index contributed by atoms with van der Waals surface area (Å²) < 4.78 is 0. The van der Waals surface area contributed by atoms with E-state index in [0.29, 0.717) is 12.1 Å². The van der Waals surface area contributed by atoms with Gasteiger partial charge in [-0.05, 0) is 68.6 Å². The summed E-state index contributed by atoms with van der Waals surface area (Å²) in [4.78, 5) is 13.1. The summed E-state index contributed by atoms with van der Waals surface area (Å²) in [6.07, 6.45) is 2.00. The second-order valence-corrected chi connectivity index (χ2v) is 12.1. The Morgan fingerprint density at radius 3 is 1.47 bits per heavy atom. The van der Waals surface area contributed by atoms with Crippen molar-refractivity contribution in [1.82, 2.24) is 10.1 Å². The standard InChI is InChI=1S/C26H44N2O2/c1-19(23(3,4)5)27-16-14-25(9,29-27)21-12-11-13-22(18-21)26(10)15-17-28(30-26)20(2)24(6,7)8/h11-13,18-20H,14-17H2,1-10H3. The van der Waals surface area contributed by atoms with Crippen LogP contribution in [0.25, 0.3) is 0 Å². The fourth-order valence-corrected chi connectivity index (χ4v) is 4.33. The van der Waals surface area contributed by atoms with E-state index in [0.717, 1.165) is 25.9 Å². The number of hydrogen-bond acceptors (Lipinski definition) is 4. The van der Waals surface area contributed by atoms with Crippen LogP contribution in [0.15, 0.2) is 24.3 Å². The van der Waals surface area contributed by atoms with Gasteiger partial charge in [-0.1, -0.05) is 59.7 Å². The molecule has 4 nitrogen and oxygen atoms in total. The van der Waals surface area contributed by atoms with Crippen molar-refractivity contribution in [2.75, 3.05) is 13.1 Å². The highest BCUT2D eigenvalue weighted by Gasteiger charge is 2.44. The second-order valence-electron chi connectivity index (χ2n) is 12.1. The van der Waals surface area contributed by atoms with E-state index in [1.165, 1.54) is 11.1 Å². The average molecular weight is 417 g/mol. The Labute approximate surface area is 184 Å². The lowest BCUT2D eigenvalue weighted by Gasteiger charge is -2.36. The highest BCUT2D eigenvalue weighted by molar-refractivity contribution is 5.32. The third kappa shape index (κ3) is 4.62. The predicted molar refractivity (Wildman–Crippen MR) is 124 cm³/mol. The molecule has 0 radical (unpaired) electrons. The zero-order valence-corrected chi connectivity index (χ0v) is 21.0. The van der Waals surface area contributed by atoms with Gasteiger partial charge in [0, 0.05) is 25.2 Å². The van der Waals surface area contributed by atoms with Crippen LogP contribution >= 0.6 is 0 Å². The van der Waals surface area contributed by atoms with Crippen molar-refractivity contribution in [3.8, 4) is 0 Å². The molecule has 30 heavy (non-hydrogen) atoms. The average Bonchev–Trinajstić information content (AvgIpc) is 3.24. The molecule has 0 aliphatic carbocycles. The Kier molecular flexibility index (Phi) is 6.23. The van der Waals surface area contributed by atoms with Crippen molar-refractivity contribution in [3.63, 3.8) is 0 Å². The monoisotopic (exact) mass is 416 g/mol. The van der Waals surface area contributed by atoms with Crippen molar-refractivity contribution in [2.24, 2.45) is 10.8 Å². The summed E-state index contributed by atoms with van der Waals surface area (Å²) in [5.74, 6) is 0. The number of hydroxylamine groups is 4. The normalized spacial score (nSPS) is 31.3. The lowest BCUT2D eigenvalue weighted by Crippen LogP contribution is -2.41. The Bertz CT molecular complexity index is 691. The molecule has 0 amide bonds. The van der Waals surface area contributed by atoms with E-state index in [1.807, 2.05) is 0 Å². The van der Waals surface area contributed by atoms with Gasteiger partial charge in [0.05, 0.1) is 0 Å². The zero-order chi connectivity index (χ0) is 22.5. The fourth-order valence-electron chi connectivity index (χ4n) is 4.33. The smallest absolute Gasteiger partial charge is 0.113 e. The minimum absolute atomic E-state index is 0.186. The number of rotatable bonds is 4. The molecule has 2 saturated heterocycles. The molecule has 2 fully saturated rings. The van der Waals surface area contributed by atoms with Crippen molar-refractivity contribution >= 4 is 0 Å². The fraction of sp³-hybridized carbons (Fsp3) is 0.769. The van der Waals surface area contributed by atoms with Crippen LogP contribution in [0.3, 0.4) is 0 Å². The molecule has 4 heteroatoms. The Morgan fingerprint density at radius 1 is 0.767 bits per heavy atom. The van der Waals surface area contributed by atoms with Gasteiger partial charge in [-0.2, -0.15) is 10.1 Å². The Morgan fingerprint density at radius 2 is 1.13 bits per heavy atom. The van der Waals surface area contributed by atoms with Crippen LogP contribution in [0.1, 0.15) is 93.2 Å². The van der Waals surface area contributed by atoms with Crippen molar-refractivity contribution in [2.45, 2.75) is 105 Å². The summed E-state index contributed by atoms with van der Waals surface area (Å²) in [7, 11) is 0. The zero-order valence-electron chi connectivity index (χ0n) is 21.0. The molecule has 0 N–H and O–H groups in total. The van der Waals surface area contributed by atoms with Gasteiger partial charge in [-0.3, -0.25) is 9.68 Å². The van der Waals surface area contributed by atoms with Gasteiger partial charge < -0.3 is 0 Å². The molecular formula is C26H44N2O2. The van der Waals surface area contributed by atoms with E-state index >= 15 is 0 Å². The predicted octanol–water partition coefficient (Wildman–Crippen LogP) is 6.26. The maximum absolute atomic E-state index is 6.56. The van der Waals surface area contributed by atoms with E-state index in [-0.39, 0.29) is 22.0 Å². The highest BCUT2D eigenvalue weighted by Crippen LogP contribution is 2.43. The lowest BCUT2D eigenvalue weighted by molar-refractivity contribution is -0.227. The molecular weight excluding hydrogens is 372 g/mol. The van der Waals surface area contributed by atoms with E-state index in [2.05, 4.69) is 104 Å². The second kappa shape index (κ2) is 7.88. The van der Waals surface area contributed by atoms with Crippen LogP contribution < -0.4 is 0 Å². The third-order valence-corrected chi connectivity index (χ3v) is 7.71. The van der Waals surface area contributed by atoms with Crippen LogP contribution in [0, 0.1) is 10.8 Å². The van der Waals surface area contributed by atoms with E-state index in [4.69, 9.17) is 9.68 Å². The molecule has 0 spiro atoms. The first-order valence-electron chi connectivity index (χ1n) is 11.7. The highest BCUT2D eigenvalue weighted by atomic mass is 16.7. The number of nitrogens with zero attached hydrogens (tertiary/aromatic N) is 2. The van der Waals surface area contributed by atoms with Crippen molar-refractivity contribution in [1.29, 1.82) is 0 Å². The third-order valence-electron chi connectivity index (χ3n) is 7.71. The Hall–Kier alpha value is -0.940. The van der Waals surface area contributed by atoms with Crippen molar-refractivity contribution < 1.29 is 9.68 Å². The molecule has 170 valence electrons. The quantitative estimate of drug-likeness (QED) is 0.578. The molecule has 3 rings (SSSR count). The van der Waals surface area contributed by atoms with Gasteiger partial charge in [0.2, 0.25) is 0 Å². The molecule has 4 unspecified atom stereocenters. The first-order valence-corrected chi connectivity index (χ1v) is 11.7. The molecule has 2 heterocycles. The van der Waals surface area contributed by atoms with E-state index in [1.54, 1.807) is 0 Å². The topological polar surface area (TPSA) is 24.9 Å². The SMILES string of the molecule is CC(N1CCC(C)(c2cccc(C3(C)CCN(C(C)C(C)(C)C)O3)c2)O1)C(C)(C)C. The summed E-state index contributed by atoms with van der Waals surface area (Å²) in [6, 6.07) is 9.64. The molecule has 1 aromatic rings. The van der Waals surface area contributed by atoms with Gasteiger partial charge in [0.25, 0.3) is 0 Å². The summed E-state index contributed by atoms with van der Waals surface area (Å²) in [6.45, 7) is 24.6. The molecule has 1 aromatic carbocycles. The molecule has 4 atom stereocenters. The summed E-state index contributed by atoms with van der Waals surface area (Å²) in [5, 5.41) is 4.38. The maximum Gasteiger partial charge on any atom is 0.113 e. The van der Waals surface area contributed by atoms with E-state index < -0.39 is 0 Å². The van der Waals surface area contributed by atoms with Crippen LogP contribution in [0.4, 0.5) is 0 Å². The maximum atomic E-state index is 6.56. The van der Waals surface area contributed by atoms with Crippen LogP contribution in [-0.4, -0.2) is 35.3 Å². The summed E-state index contributed by atoms with van der Waals surface area (Å²) >= 11 is 0. The molecule has 0 bridgehead atoms. The van der Waals surface area contributed by atoms with E-state index in [9.17, 15) is 0 Å². The van der Waals surface area contributed by atoms with Crippen molar-refractivity contribution in [3.05, 3.63) is 35.4 Å². The molecule has 0 saturated carbocycles. The van der Waals surface area contributed by atoms with Gasteiger partial charge in [-0.15, -0.1) is 0 Å². The van der Waals surface area contributed by atoms with Gasteiger partial charge >= 0.3 is 0 Å². The first-order chi connectivity index (χ1) is 13.7. The first kappa shape index (κ1) is 23.7. The van der Waals surface area contributed by atoms with Crippen LogP contribution in [0.2, 0.25) is 0 Å². The Balaban J connectivity index is 1.79. The molecule has 2 aliphatic heterocycles. The minimum Gasteiger partial charge on any atom is -0.288 e. The largest absolute Gasteiger partial charge is 0.288 e. The summed E-state index contributed by atoms with van der Waals surface area (Å²) in [5.41, 5.74) is 2.29. The van der Waals surface area contributed by atoms with Crippen LogP contribution in [-0.2, 0) is 20.9 Å². The van der Waals surface area contributed by atoms with Gasteiger partial charge in [0.1, 0.15) is 11.2 Å². The number of hydrogen-bond donors (Lipinski definition) is 0. The number of benzene rings is 1. The molecule has 2 aliphatic rings. The van der Waals surface area contributed by atoms with Gasteiger partial charge in [0.15, 0.2) is 0 Å². The molecule has 0 aromatic heterocycles. The lowest BCUT2D eigenvalue weighted by atomic mass is 9.86.